The lowest BCUT2D eigenvalue weighted by Crippen LogP contribution is -2.35. The maximum absolute atomic E-state index is 11.4. The number of anilines is 3. The Morgan fingerprint density at radius 3 is 2.82 bits per heavy atom. The van der Waals surface area contributed by atoms with Gasteiger partial charge in [0.15, 0.2) is 0 Å². The first-order chi connectivity index (χ1) is 8.06. The minimum atomic E-state index is -0.0885. The van der Waals surface area contributed by atoms with Crippen LogP contribution >= 0.6 is 0 Å². The first kappa shape index (κ1) is 13.0. The zero-order chi connectivity index (χ0) is 12.8. The number of nitrogens with one attached hydrogen (secondary N) is 2. The average molecular weight is 239 g/mol. The number of likely N-dealkylation sites (N-methyl/N-ethyl adjacent to an activating group) is 2. The molecule has 94 valence electrons. The Hall–Kier alpha value is -2.09. The smallest absolute Gasteiger partial charge is 0.239 e. The van der Waals surface area contributed by atoms with Crippen LogP contribution in [0.25, 0.3) is 0 Å². The number of nitrogens with zero attached hydrogens (tertiary/aromatic N) is 3. The predicted molar refractivity (Wildman–Crippen MR) is 66.2 cm³/mol. The van der Waals surface area contributed by atoms with Crippen LogP contribution in [0.1, 0.15) is 6.92 Å². The Morgan fingerprint density at radius 1 is 1.53 bits per heavy atom. The quantitative estimate of drug-likeness (QED) is 0.380. The summed E-state index contributed by atoms with van der Waals surface area (Å²) in [6, 6.07) is 1.61. The van der Waals surface area contributed by atoms with Crippen molar-refractivity contribution >= 4 is 23.5 Å². The summed E-state index contributed by atoms with van der Waals surface area (Å²) in [5.74, 6) is 6.17. The molecule has 8 heteroatoms. The number of hydrogen-bond donors (Lipinski definition) is 4. The normalized spacial score (nSPS) is 9.82. The summed E-state index contributed by atoms with van der Waals surface area (Å²) in [4.78, 5) is 20.9. The summed E-state index contributed by atoms with van der Waals surface area (Å²) in [5, 5.41) is 2.69. The first-order valence-corrected chi connectivity index (χ1v) is 5.15. The third kappa shape index (κ3) is 3.76. The van der Waals surface area contributed by atoms with Gasteiger partial charge in [0, 0.05) is 19.7 Å². The predicted octanol–water partition coefficient (Wildman–Crippen LogP) is -1.08. The molecule has 0 aliphatic rings. The van der Waals surface area contributed by atoms with E-state index in [1.54, 1.807) is 18.0 Å². The molecular weight excluding hydrogens is 222 g/mol. The van der Waals surface area contributed by atoms with Crippen molar-refractivity contribution in [1.82, 2.24) is 15.3 Å². The number of nitrogen functional groups attached to an aromatic ring is 2. The second-order valence-electron chi connectivity index (χ2n) is 3.42. The van der Waals surface area contributed by atoms with Gasteiger partial charge >= 0.3 is 0 Å². The van der Waals surface area contributed by atoms with Crippen LogP contribution in [-0.2, 0) is 4.79 Å². The standard InChI is InChI=1S/C9H17N7O/c1-3-12-8(17)5-16(2)7-4-6(15-11)13-9(10)14-7/h4H,3,5,11H2,1-2H3,(H,12,17)(H3,10,13,14,15). The van der Waals surface area contributed by atoms with Crippen LogP contribution in [0.15, 0.2) is 6.07 Å². The van der Waals surface area contributed by atoms with Crippen LogP contribution < -0.4 is 27.2 Å². The van der Waals surface area contributed by atoms with E-state index in [1.165, 1.54) is 0 Å². The highest BCUT2D eigenvalue weighted by Gasteiger charge is 2.10. The molecule has 0 atom stereocenters. The van der Waals surface area contributed by atoms with Crippen LogP contribution in [0.3, 0.4) is 0 Å². The van der Waals surface area contributed by atoms with Crippen molar-refractivity contribution in [3.8, 4) is 0 Å². The van der Waals surface area contributed by atoms with Gasteiger partial charge < -0.3 is 21.4 Å². The molecule has 0 fully saturated rings. The highest BCUT2D eigenvalue weighted by atomic mass is 16.2. The van der Waals surface area contributed by atoms with E-state index in [4.69, 9.17) is 11.6 Å². The minimum absolute atomic E-state index is 0.0885. The van der Waals surface area contributed by atoms with Gasteiger partial charge in [0.2, 0.25) is 11.9 Å². The molecule has 0 radical (unpaired) electrons. The monoisotopic (exact) mass is 239 g/mol. The summed E-state index contributed by atoms with van der Waals surface area (Å²) >= 11 is 0. The molecule has 0 saturated heterocycles. The lowest BCUT2D eigenvalue weighted by Gasteiger charge is -2.18. The van der Waals surface area contributed by atoms with Crippen molar-refractivity contribution in [2.45, 2.75) is 6.92 Å². The van der Waals surface area contributed by atoms with Crippen LogP contribution in [0.4, 0.5) is 17.6 Å². The topological polar surface area (TPSA) is 122 Å². The zero-order valence-corrected chi connectivity index (χ0v) is 9.90. The number of rotatable bonds is 5. The fourth-order valence-electron chi connectivity index (χ4n) is 1.27. The summed E-state index contributed by atoms with van der Waals surface area (Å²) in [5.41, 5.74) is 7.90. The molecule has 0 aliphatic carbocycles. The maximum atomic E-state index is 11.4. The van der Waals surface area contributed by atoms with E-state index in [-0.39, 0.29) is 18.4 Å². The van der Waals surface area contributed by atoms with Gasteiger partial charge in [0.1, 0.15) is 11.6 Å². The SMILES string of the molecule is CCNC(=O)CN(C)c1cc(NN)nc(N)n1. The van der Waals surface area contributed by atoms with E-state index >= 15 is 0 Å². The summed E-state index contributed by atoms with van der Waals surface area (Å²) in [6.07, 6.45) is 0. The molecule has 0 spiro atoms. The molecule has 1 aromatic rings. The van der Waals surface area contributed by atoms with Crippen LogP contribution in [0.5, 0.6) is 0 Å². The molecule has 17 heavy (non-hydrogen) atoms. The van der Waals surface area contributed by atoms with Crippen LogP contribution in [0.2, 0.25) is 0 Å². The highest BCUT2D eigenvalue weighted by Crippen LogP contribution is 2.14. The lowest BCUT2D eigenvalue weighted by atomic mass is 10.4. The van der Waals surface area contributed by atoms with Gasteiger partial charge in [-0.15, -0.1) is 0 Å². The molecule has 6 N–H and O–H groups in total. The van der Waals surface area contributed by atoms with E-state index in [0.29, 0.717) is 18.2 Å². The zero-order valence-electron chi connectivity index (χ0n) is 9.90. The highest BCUT2D eigenvalue weighted by molar-refractivity contribution is 5.81. The summed E-state index contributed by atoms with van der Waals surface area (Å²) < 4.78 is 0. The van der Waals surface area contributed by atoms with Gasteiger partial charge in [-0.3, -0.25) is 4.79 Å². The Kier molecular flexibility index (Phi) is 4.46. The fraction of sp³-hybridized carbons (Fsp3) is 0.444. The third-order valence-electron chi connectivity index (χ3n) is 2.02. The number of hydrazine groups is 1. The van der Waals surface area contributed by atoms with E-state index in [1.807, 2.05) is 6.92 Å². The van der Waals surface area contributed by atoms with Crippen LogP contribution in [0, 0.1) is 0 Å². The maximum Gasteiger partial charge on any atom is 0.239 e. The van der Waals surface area contributed by atoms with E-state index in [2.05, 4.69) is 20.7 Å². The van der Waals surface area contributed by atoms with Gasteiger partial charge in [0.25, 0.3) is 0 Å². The van der Waals surface area contributed by atoms with E-state index in [9.17, 15) is 4.79 Å². The number of nitrogens with two attached hydrogens (primary N) is 2. The van der Waals surface area contributed by atoms with Gasteiger partial charge in [-0.2, -0.15) is 9.97 Å². The minimum Gasteiger partial charge on any atom is -0.368 e. The van der Waals surface area contributed by atoms with Crippen LogP contribution in [-0.4, -0.2) is 36.0 Å². The van der Waals surface area contributed by atoms with Crippen molar-refractivity contribution in [2.75, 3.05) is 36.2 Å². The fourth-order valence-corrected chi connectivity index (χ4v) is 1.27. The molecule has 1 amide bonds. The third-order valence-corrected chi connectivity index (χ3v) is 2.02. The van der Waals surface area contributed by atoms with Gasteiger partial charge in [-0.05, 0) is 6.92 Å². The molecule has 0 unspecified atom stereocenters. The lowest BCUT2D eigenvalue weighted by molar-refractivity contribution is -0.119. The van der Waals surface area contributed by atoms with Gasteiger partial charge in [0.05, 0.1) is 6.54 Å². The van der Waals surface area contributed by atoms with Gasteiger partial charge in [-0.1, -0.05) is 0 Å². The van der Waals surface area contributed by atoms with Crippen molar-refractivity contribution in [3.05, 3.63) is 6.07 Å². The Bertz CT molecular complexity index is 395. The molecule has 0 saturated carbocycles. The molecule has 8 nitrogen and oxygen atoms in total. The average Bonchev–Trinajstić information content (AvgIpc) is 2.28. The van der Waals surface area contributed by atoms with Crippen molar-refractivity contribution in [2.24, 2.45) is 5.84 Å². The van der Waals surface area contributed by atoms with Gasteiger partial charge in [-0.25, -0.2) is 5.84 Å². The van der Waals surface area contributed by atoms with E-state index in [0.717, 1.165) is 0 Å². The molecule has 0 aliphatic heterocycles. The van der Waals surface area contributed by atoms with Crippen molar-refractivity contribution in [1.29, 1.82) is 0 Å². The summed E-state index contributed by atoms with van der Waals surface area (Å²) in [6.45, 7) is 2.64. The molecule has 0 bridgehead atoms. The van der Waals surface area contributed by atoms with E-state index < -0.39 is 0 Å². The largest absolute Gasteiger partial charge is 0.368 e. The number of hydrogen-bond acceptors (Lipinski definition) is 7. The molecule has 0 aromatic carbocycles. The Labute approximate surface area is 99.4 Å². The molecule has 1 heterocycles. The number of carbonyl (C=O) groups is 1. The molecule has 1 rings (SSSR count). The summed E-state index contributed by atoms with van der Waals surface area (Å²) in [7, 11) is 1.73. The molecular formula is C9H17N7O. The number of aromatic nitrogens is 2. The first-order valence-electron chi connectivity index (χ1n) is 5.15. The number of amides is 1. The Balaban J connectivity index is 2.77. The second kappa shape index (κ2) is 5.85. The Morgan fingerprint density at radius 2 is 2.24 bits per heavy atom. The second-order valence-corrected chi connectivity index (χ2v) is 3.42. The van der Waals surface area contributed by atoms with Crippen molar-refractivity contribution < 1.29 is 4.79 Å². The number of carbonyl (C=O) groups excluding carboxylic acids is 1. The molecule has 1 aromatic heterocycles. The van der Waals surface area contributed by atoms with Crippen molar-refractivity contribution in [3.63, 3.8) is 0 Å².